The molecule has 2 aromatic rings. The Morgan fingerprint density at radius 3 is 2.26 bits per heavy atom. The van der Waals surface area contributed by atoms with Crippen molar-refractivity contribution in [3.63, 3.8) is 0 Å². The number of amides is 3. The normalized spacial score (nSPS) is 21.9. The SMILES string of the molecule is O=C1CCC(N2Cc3c(NC=C4C(=O)CC(c5ccc(C(F)(F)F)cc5)CC4=O)cccc3C2=O)C(=O)N1. The second-order valence-electron chi connectivity index (χ2n) is 9.51. The van der Waals surface area contributed by atoms with Crippen molar-refractivity contribution in [1.82, 2.24) is 10.2 Å². The number of Topliss-reactive ketones (excluding diaryl/α,β-unsaturated/α-hetero) is 2. The number of imide groups is 1. The first-order valence-corrected chi connectivity index (χ1v) is 12.0. The number of alkyl halides is 3. The summed E-state index contributed by atoms with van der Waals surface area (Å²) in [6, 6.07) is 8.62. The van der Waals surface area contributed by atoms with Gasteiger partial charge in [0.1, 0.15) is 6.04 Å². The third kappa shape index (κ3) is 4.71. The van der Waals surface area contributed by atoms with Crippen molar-refractivity contribution in [2.75, 3.05) is 5.32 Å². The van der Waals surface area contributed by atoms with Gasteiger partial charge in [-0.25, -0.2) is 0 Å². The fraction of sp³-hybridized carbons (Fsp3) is 0.296. The van der Waals surface area contributed by atoms with Gasteiger partial charge in [0.25, 0.3) is 5.91 Å². The summed E-state index contributed by atoms with van der Waals surface area (Å²) in [4.78, 5) is 63.7. The molecule has 3 amide bonds. The molecule has 5 rings (SSSR count). The summed E-state index contributed by atoms with van der Waals surface area (Å²) >= 11 is 0. The molecule has 2 fully saturated rings. The maximum absolute atomic E-state index is 13.0. The number of carbonyl (C=O) groups is 5. The van der Waals surface area contributed by atoms with Gasteiger partial charge in [0.05, 0.1) is 11.1 Å². The molecule has 2 aliphatic heterocycles. The lowest BCUT2D eigenvalue weighted by molar-refractivity contribution is -0.138. The molecule has 0 bridgehead atoms. The third-order valence-electron chi connectivity index (χ3n) is 7.13. The van der Waals surface area contributed by atoms with E-state index in [1.165, 1.54) is 23.2 Å². The van der Waals surface area contributed by atoms with Gasteiger partial charge in [-0.15, -0.1) is 0 Å². The fourth-order valence-corrected chi connectivity index (χ4v) is 5.11. The van der Waals surface area contributed by atoms with E-state index < -0.39 is 41.2 Å². The van der Waals surface area contributed by atoms with Crippen LogP contribution in [0.5, 0.6) is 0 Å². The van der Waals surface area contributed by atoms with Gasteiger partial charge in [0.15, 0.2) is 11.6 Å². The number of hydrogen-bond donors (Lipinski definition) is 2. The highest BCUT2D eigenvalue weighted by Crippen LogP contribution is 2.36. The molecule has 8 nitrogen and oxygen atoms in total. The van der Waals surface area contributed by atoms with E-state index in [0.717, 1.165) is 12.1 Å². The van der Waals surface area contributed by atoms with E-state index in [0.29, 0.717) is 22.4 Å². The maximum atomic E-state index is 13.0. The van der Waals surface area contributed by atoms with E-state index in [-0.39, 0.29) is 49.6 Å². The van der Waals surface area contributed by atoms with Crippen LogP contribution in [-0.4, -0.2) is 40.2 Å². The number of halogens is 3. The molecule has 1 aliphatic carbocycles. The molecule has 196 valence electrons. The largest absolute Gasteiger partial charge is 0.416 e. The average Bonchev–Trinajstić information content (AvgIpc) is 3.20. The van der Waals surface area contributed by atoms with E-state index in [1.54, 1.807) is 18.2 Å². The lowest BCUT2D eigenvalue weighted by Crippen LogP contribution is -2.52. The number of piperidine rings is 1. The second kappa shape index (κ2) is 9.55. The summed E-state index contributed by atoms with van der Waals surface area (Å²) in [7, 11) is 0. The van der Waals surface area contributed by atoms with Gasteiger partial charge in [-0.1, -0.05) is 18.2 Å². The van der Waals surface area contributed by atoms with Crippen molar-refractivity contribution in [3.8, 4) is 0 Å². The number of hydrogen-bond acceptors (Lipinski definition) is 6. The van der Waals surface area contributed by atoms with Gasteiger partial charge >= 0.3 is 6.18 Å². The molecule has 1 saturated heterocycles. The smallest absolute Gasteiger partial charge is 0.361 e. The summed E-state index contributed by atoms with van der Waals surface area (Å²) in [6.07, 6.45) is -2.88. The topological polar surface area (TPSA) is 113 Å². The van der Waals surface area contributed by atoms with Crippen LogP contribution < -0.4 is 10.6 Å². The summed E-state index contributed by atoms with van der Waals surface area (Å²) in [5.41, 5.74) is 1.09. The Morgan fingerprint density at radius 2 is 1.63 bits per heavy atom. The number of benzene rings is 2. The van der Waals surface area contributed by atoms with Crippen molar-refractivity contribution in [2.45, 2.75) is 50.4 Å². The van der Waals surface area contributed by atoms with Crippen LogP contribution in [0, 0.1) is 0 Å². The highest BCUT2D eigenvalue weighted by atomic mass is 19.4. The molecule has 1 atom stereocenters. The average molecular weight is 525 g/mol. The van der Waals surface area contributed by atoms with E-state index >= 15 is 0 Å². The lowest BCUT2D eigenvalue weighted by Gasteiger charge is -2.29. The number of nitrogens with one attached hydrogen (secondary N) is 2. The second-order valence-corrected chi connectivity index (χ2v) is 9.51. The van der Waals surface area contributed by atoms with Crippen molar-refractivity contribution >= 4 is 35.0 Å². The fourth-order valence-electron chi connectivity index (χ4n) is 5.11. The number of ketones is 2. The Hall–Kier alpha value is -4.28. The standard InChI is InChI=1S/C27H22F3N3O5/c28-27(29,30)16-6-4-14(5-7-16)15-10-22(34)18(23(35)11-15)12-31-20-3-1-2-17-19(20)13-33(26(17)38)21-8-9-24(36)32-25(21)37/h1-7,12,15,21,31H,8-11,13H2,(H,32,36,37). The van der Waals surface area contributed by atoms with Crippen LogP contribution in [0.1, 0.15) is 58.6 Å². The Morgan fingerprint density at radius 1 is 0.947 bits per heavy atom. The van der Waals surface area contributed by atoms with Gasteiger partial charge in [-0.3, -0.25) is 29.3 Å². The summed E-state index contributed by atoms with van der Waals surface area (Å²) < 4.78 is 38.5. The first-order chi connectivity index (χ1) is 18.0. The van der Waals surface area contributed by atoms with Crippen LogP contribution in [0.15, 0.2) is 54.2 Å². The monoisotopic (exact) mass is 525 g/mol. The number of allylic oxidation sites excluding steroid dienone is 1. The Kier molecular flexibility index (Phi) is 6.38. The Balaban J connectivity index is 1.30. The molecule has 2 N–H and O–H groups in total. The molecule has 2 heterocycles. The van der Waals surface area contributed by atoms with Gasteiger partial charge in [-0.05, 0) is 42.2 Å². The van der Waals surface area contributed by atoms with Gasteiger partial charge in [-0.2, -0.15) is 13.2 Å². The van der Waals surface area contributed by atoms with E-state index in [1.807, 2.05) is 0 Å². The molecule has 0 aromatic heterocycles. The van der Waals surface area contributed by atoms with Crippen molar-refractivity contribution in [1.29, 1.82) is 0 Å². The van der Waals surface area contributed by atoms with E-state index in [2.05, 4.69) is 10.6 Å². The minimum atomic E-state index is -4.47. The lowest BCUT2D eigenvalue weighted by atomic mass is 9.80. The highest BCUT2D eigenvalue weighted by molar-refractivity contribution is 6.22. The summed E-state index contributed by atoms with van der Waals surface area (Å²) in [5.74, 6) is -2.66. The van der Waals surface area contributed by atoms with Crippen LogP contribution in [0.25, 0.3) is 0 Å². The summed E-state index contributed by atoms with van der Waals surface area (Å²) in [6.45, 7) is 0.116. The molecule has 11 heteroatoms. The number of nitrogens with zero attached hydrogens (tertiary/aromatic N) is 1. The Bertz CT molecular complexity index is 1380. The zero-order chi connectivity index (χ0) is 27.2. The van der Waals surface area contributed by atoms with Crippen LogP contribution in [0.3, 0.4) is 0 Å². The molecule has 1 saturated carbocycles. The van der Waals surface area contributed by atoms with Crippen molar-refractivity contribution in [2.24, 2.45) is 0 Å². The molecule has 3 aliphatic rings. The van der Waals surface area contributed by atoms with Crippen LogP contribution in [0.2, 0.25) is 0 Å². The minimum Gasteiger partial charge on any atom is -0.361 e. The molecule has 0 spiro atoms. The quantitative estimate of drug-likeness (QED) is 0.359. The zero-order valence-corrected chi connectivity index (χ0v) is 19.9. The van der Waals surface area contributed by atoms with Crippen LogP contribution in [-0.2, 0) is 31.9 Å². The number of carbonyl (C=O) groups excluding carboxylic acids is 5. The van der Waals surface area contributed by atoms with Gasteiger partial charge < -0.3 is 10.2 Å². The van der Waals surface area contributed by atoms with Gasteiger partial charge in [0.2, 0.25) is 11.8 Å². The molecule has 0 radical (unpaired) electrons. The first-order valence-electron chi connectivity index (χ1n) is 12.0. The molecular weight excluding hydrogens is 503 g/mol. The molecular formula is C27H22F3N3O5. The first kappa shape index (κ1) is 25.4. The molecule has 38 heavy (non-hydrogen) atoms. The summed E-state index contributed by atoms with van der Waals surface area (Å²) in [5, 5.41) is 5.20. The van der Waals surface area contributed by atoms with E-state index in [9.17, 15) is 37.1 Å². The Labute approximate surface area is 214 Å². The van der Waals surface area contributed by atoms with Crippen molar-refractivity contribution in [3.05, 3.63) is 76.5 Å². The molecule has 1 unspecified atom stereocenters. The van der Waals surface area contributed by atoms with Crippen LogP contribution >= 0.6 is 0 Å². The highest BCUT2D eigenvalue weighted by Gasteiger charge is 2.40. The predicted octanol–water partition coefficient (Wildman–Crippen LogP) is 3.48. The van der Waals surface area contributed by atoms with Gasteiger partial charge in [0, 0.05) is 48.8 Å². The number of anilines is 1. The van der Waals surface area contributed by atoms with Crippen molar-refractivity contribution < 1.29 is 37.1 Å². The maximum Gasteiger partial charge on any atom is 0.416 e. The zero-order valence-electron chi connectivity index (χ0n) is 19.9. The third-order valence-corrected chi connectivity index (χ3v) is 7.13. The predicted molar refractivity (Wildman–Crippen MR) is 128 cm³/mol. The van der Waals surface area contributed by atoms with E-state index in [4.69, 9.17) is 0 Å². The number of rotatable bonds is 4. The number of fused-ring (bicyclic) bond motifs is 1. The van der Waals surface area contributed by atoms with Crippen LogP contribution in [0.4, 0.5) is 18.9 Å². The minimum absolute atomic E-state index is 0.0285. The molecule has 2 aromatic carbocycles.